The van der Waals surface area contributed by atoms with E-state index in [0.29, 0.717) is 5.00 Å². The number of carbonyl (C=O) groups excluding carboxylic acids is 1. The minimum atomic E-state index is -1.27. The molecule has 0 fully saturated rings. The maximum absolute atomic E-state index is 10.7. The molecule has 0 saturated carbocycles. The highest BCUT2D eigenvalue weighted by atomic mass is 32.2. The number of amides is 1. The van der Waals surface area contributed by atoms with Crippen molar-refractivity contribution in [1.29, 1.82) is 0 Å². The number of carboxylic acid groups (broad SMARTS) is 1. The van der Waals surface area contributed by atoms with Gasteiger partial charge >= 0.3 is 0 Å². The van der Waals surface area contributed by atoms with E-state index in [2.05, 4.69) is 29.6 Å². The van der Waals surface area contributed by atoms with E-state index < -0.39 is 6.09 Å². The molecule has 3 aromatic rings. The highest BCUT2D eigenvalue weighted by Crippen LogP contribution is 2.40. The lowest BCUT2D eigenvalue weighted by atomic mass is 10.1. The Morgan fingerprint density at radius 2 is 1.79 bits per heavy atom. The number of benzene rings is 2. The normalized spacial score (nSPS) is 11.5. The maximum atomic E-state index is 10.7. The van der Waals surface area contributed by atoms with E-state index in [4.69, 9.17) is 0 Å². The molecule has 0 bridgehead atoms. The summed E-state index contributed by atoms with van der Waals surface area (Å²) in [6.07, 6.45) is -1.27. The van der Waals surface area contributed by atoms with Crippen LogP contribution in [0.5, 0.6) is 0 Å². The highest BCUT2D eigenvalue weighted by molar-refractivity contribution is 7.41. The molecular formula is C15H11NO2S. The van der Waals surface area contributed by atoms with Crippen molar-refractivity contribution in [3.8, 4) is 4.90 Å². The van der Waals surface area contributed by atoms with Crippen molar-refractivity contribution in [2.45, 2.75) is 0 Å². The lowest BCUT2D eigenvalue weighted by Crippen LogP contribution is -2.28. The van der Waals surface area contributed by atoms with Gasteiger partial charge in [-0.15, -0.1) is 0 Å². The number of rotatable bonds is 2. The van der Waals surface area contributed by atoms with Crippen LogP contribution < -0.4 is 10.4 Å². The van der Waals surface area contributed by atoms with Crippen LogP contribution in [-0.4, -0.2) is 6.09 Å². The second kappa shape index (κ2) is 4.74. The Bertz CT molecular complexity index is 748. The third-order valence-electron chi connectivity index (χ3n) is 2.90. The van der Waals surface area contributed by atoms with Crippen molar-refractivity contribution in [2.75, 3.05) is 5.32 Å². The molecule has 0 aliphatic heterocycles. The summed E-state index contributed by atoms with van der Waals surface area (Å²) in [6, 6.07) is 17.9. The second-order valence-corrected chi connectivity index (χ2v) is 5.98. The quantitative estimate of drug-likeness (QED) is 0.725. The van der Waals surface area contributed by atoms with Gasteiger partial charge in [-0.2, -0.15) is 0 Å². The van der Waals surface area contributed by atoms with Gasteiger partial charge in [0.2, 0.25) is 0 Å². The van der Waals surface area contributed by atoms with Gasteiger partial charge in [-0.05, 0) is 29.0 Å². The van der Waals surface area contributed by atoms with Crippen molar-refractivity contribution in [2.24, 2.45) is 0 Å². The average molecular weight is 269 g/mol. The minimum Gasteiger partial charge on any atom is -0.530 e. The first-order valence-corrected chi connectivity index (χ1v) is 7.11. The highest BCUT2D eigenvalue weighted by Gasteiger charge is 2.16. The molecule has 0 aliphatic carbocycles. The first-order chi connectivity index (χ1) is 9.24. The van der Waals surface area contributed by atoms with E-state index in [0.717, 1.165) is 10.3 Å². The number of thiophene rings is 1. The van der Waals surface area contributed by atoms with Gasteiger partial charge in [0.25, 0.3) is 5.00 Å². The van der Waals surface area contributed by atoms with Gasteiger partial charge in [0, 0.05) is 22.6 Å². The number of nitrogens with one attached hydrogen (secondary N) is 1. The Labute approximate surface area is 113 Å². The summed E-state index contributed by atoms with van der Waals surface area (Å²) in [4.78, 5) is 11.7. The van der Waals surface area contributed by atoms with Crippen LogP contribution in [-0.2, 0) is 0 Å². The fraction of sp³-hybridized carbons (Fsp3) is 0. The summed E-state index contributed by atoms with van der Waals surface area (Å²) in [7, 11) is -0.356. The smallest absolute Gasteiger partial charge is 0.251 e. The number of hydrogen-bond donors (Lipinski definition) is 1. The average Bonchev–Trinajstić information content (AvgIpc) is 2.85. The Morgan fingerprint density at radius 1 is 1.00 bits per heavy atom. The molecule has 0 saturated heterocycles. The number of hydrogen-bond acceptors (Lipinski definition) is 2. The molecular weight excluding hydrogens is 258 g/mol. The largest absolute Gasteiger partial charge is 0.530 e. The molecule has 1 N–H and O–H groups in total. The SMILES string of the molecule is O=C([O-])Nc1ccc[s+]1-c1ccc2ccccc2c1. The van der Waals surface area contributed by atoms with Crippen LogP contribution in [0.2, 0.25) is 0 Å². The van der Waals surface area contributed by atoms with Crippen LogP contribution in [0.15, 0.2) is 60.0 Å². The van der Waals surface area contributed by atoms with Gasteiger partial charge in [-0.1, -0.05) is 24.3 Å². The van der Waals surface area contributed by atoms with Gasteiger partial charge in [-0.25, -0.2) is 0 Å². The second-order valence-electron chi connectivity index (χ2n) is 4.12. The zero-order valence-electron chi connectivity index (χ0n) is 10.00. The molecule has 1 unspecified atom stereocenters. The zero-order chi connectivity index (χ0) is 13.2. The molecule has 1 aromatic heterocycles. The van der Waals surface area contributed by atoms with Crippen LogP contribution in [0.1, 0.15) is 0 Å². The van der Waals surface area contributed by atoms with Crippen LogP contribution in [0.3, 0.4) is 0 Å². The molecule has 0 radical (unpaired) electrons. The van der Waals surface area contributed by atoms with Gasteiger partial charge in [0.05, 0.1) is 0 Å². The molecule has 2 aromatic carbocycles. The topological polar surface area (TPSA) is 52.2 Å². The monoisotopic (exact) mass is 269 g/mol. The Morgan fingerprint density at radius 3 is 2.58 bits per heavy atom. The van der Waals surface area contributed by atoms with Gasteiger partial charge in [0.15, 0.2) is 4.90 Å². The van der Waals surface area contributed by atoms with E-state index >= 15 is 0 Å². The van der Waals surface area contributed by atoms with Crippen molar-refractivity contribution in [1.82, 2.24) is 0 Å². The van der Waals surface area contributed by atoms with E-state index in [1.54, 1.807) is 6.07 Å². The molecule has 0 aliphatic rings. The van der Waals surface area contributed by atoms with Gasteiger partial charge in [-0.3, -0.25) is 5.32 Å². The lowest BCUT2D eigenvalue weighted by molar-refractivity contribution is -0.242. The molecule has 3 nitrogen and oxygen atoms in total. The summed E-state index contributed by atoms with van der Waals surface area (Å²) in [5, 5.41) is 18.0. The van der Waals surface area contributed by atoms with Crippen molar-refractivity contribution < 1.29 is 9.90 Å². The fourth-order valence-corrected chi connectivity index (χ4v) is 3.74. The Hall–Kier alpha value is -2.33. The first kappa shape index (κ1) is 11.7. The number of fused-ring (bicyclic) bond motifs is 1. The summed E-state index contributed by atoms with van der Waals surface area (Å²) in [5.41, 5.74) is 0. The summed E-state index contributed by atoms with van der Waals surface area (Å²) < 4.78 is 0. The Balaban J connectivity index is 2.09. The predicted octanol–water partition coefficient (Wildman–Crippen LogP) is 3.33. The van der Waals surface area contributed by atoms with Crippen molar-refractivity contribution in [3.05, 3.63) is 60.0 Å². The Kier molecular flexibility index (Phi) is 2.93. The van der Waals surface area contributed by atoms with Crippen LogP contribution in [0, 0.1) is 0 Å². The summed E-state index contributed by atoms with van der Waals surface area (Å²) in [6.45, 7) is 0. The van der Waals surface area contributed by atoms with Crippen LogP contribution in [0.4, 0.5) is 9.80 Å². The summed E-state index contributed by atoms with van der Waals surface area (Å²) >= 11 is 0. The van der Waals surface area contributed by atoms with Gasteiger partial charge in [0.1, 0.15) is 11.5 Å². The molecule has 94 valence electrons. The maximum Gasteiger partial charge on any atom is 0.251 e. The minimum absolute atomic E-state index is 0.356. The van der Waals surface area contributed by atoms with Crippen molar-refractivity contribution >= 4 is 32.3 Å². The van der Waals surface area contributed by atoms with Crippen LogP contribution in [0.25, 0.3) is 15.7 Å². The van der Waals surface area contributed by atoms with E-state index in [9.17, 15) is 9.90 Å². The van der Waals surface area contributed by atoms with E-state index in [1.165, 1.54) is 5.39 Å². The third kappa shape index (κ3) is 2.30. The fourth-order valence-electron chi connectivity index (χ4n) is 2.06. The predicted molar refractivity (Wildman–Crippen MR) is 76.8 cm³/mol. The molecule has 1 atom stereocenters. The number of anilines is 1. The molecule has 3 rings (SSSR count). The van der Waals surface area contributed by atoms with Crippen LogP contribution >= 0.6 is 10.5 Å². The zero-order valence-corrected chi connectivity index (χ0v) is 10.8. The number of carbonyl (C=O) groups is 1. The first-order valence-electron chi connectivity index (χ1n) is 5.82. The van der Waals surface area contributed by atoms with E-state index in [-0.39, 0.29) is 10.5 Å². The lowest BCUT2D eigenvalue weighted by Gasteiger charge is -2.02. The molecule has 1 heterocycles. The molecule has 4 heteroatoms. The summed E-state index contributed by atoms with van der Waals surface area (Å²) in [5.74, 6) is 0. The molecule has 19 heavy (non-hydrogen) atoms. The van der Waals surface area contributed by atoms with Crippen molar-refractivity contribution in [3.63, 3.8) is 0 Å². The molecule has 0 spiro atoms. The van der Waals surface area contributed by atoms with E-state index in [1.807, 2.05) is 29.6 Å². The van der Waals surface area contributed by atoms with Gasteiger partial charge < -0.3 is 9.90 Å². The standard InChI is InChI=1S/C15H11NO2S/c17-15(18)16-14-6-3-9-19(14)13-8-7-11-4-1-2-5-12(11)10-13/h1-10,16H. The third-order valence-corrected chi connectivity index (χ3v) is 4.80. The molecule has 1 amide bonds.